The predicted molar refractivity (Wildman–Crippen MR) is 74.8 cm³/mol. The average Bonchev–Trinajstić information content (AvgIpc) is 2.37. The van der Waals surface area contributed by atoms with Crippen LogP contribution in [0.25, 0.3) is 0 Å². The van der Waals surface area contributed by atoms with Crippen LogP contribution < -0.4 is 10.5 Å². The van der Waals surface area contributed by atoms with Crippen LogP contribution in [0.3, 0.4) is 0 Å². The van der Waals surface area contributed by atoms with E-state index in [0.717, 1.165) is 5.56 Å². The van der Waals surface area contributed by atoms with Crippen molar-refractivity contribution < 1.29 is 9.13 Å². The molecule has 0 heterocycles. The zero-order valence-electron chi connectivity index (χ0n) is 10.6. The summed E-state index contributed by atoms with van der Waals surface area (Å²) < 4.78 is 18.9. The molecule has 0 saturated carbocycles. The molecule has 4 heteroatoms. The number of rotatable bonds is 4. The van der Waals surface area contributed by atoms with Crippen LogP contribution >= 0.6 is 11.6 Å². The molecule has 1 unspecified atom stereocenters. The lowest BCUT2D eigenvalue weighted by Crippen LogP contribution is -2.08. The summed E-state index contributed by atoms with van der Waals surface area (Å²) in [5.41, 5.74) is 7.41. The molecule has 0 aromatic heterocycles. The van der Waals surface area contributed by atoms with Crippen molar-refractivity contribution in [1.29, 1.82) is 0 Å². The van der Waals surface area contributed by atoms with E-state index in [1.807, 2.05) is 18.2 Å². The number of hydrogen-bond donors (Lipinski definition) is 1. The van der Waals surface area contributed by atoms with E-state index in [0.29, 0.717) is 22.9 Å². The van der Waals surface area contributed by atoms with Gasteiger partial charge in [0.1, 0.15) is 18.2 Å². The molecule has 2 aromatic carbocycles. The highest BCUT2D eigenvalue weighted by Crippen LogP contribution is 2.25. The van der Waals surface area contributed by atoms with Gasteiger partial charge in [0.05, 0.1) is 0 Å². The van der Waals surface area contributed by atoms with Gasteiger partial charge in [0.15, 0.2) is 0 Å². The maximum atomic E-state index is 13.2. The zero-order valence-corrected chi connectivity index (χ0v) is 11.3. The summed E-state index contributed by atoms with van der Waals surface area (Å²) in [5, 5.41) is 0.660. The Balaban J connectivity index is 2.15. The molecule has 0 bridgehead atoms. The van der Waals surface area contributed by atoms with Crippen molar-refractivity contribution >= 4 is 11.6 Å². The standard InChI is InChI=1S/C15H15ClFNO/c1-10(18)14-8-13(17)5-6-15(14)19-9-11-3-2-4-12(16)7-11/h2-8,10H,9,18H2,1H3. The second kappa shape index (κ2) is 6.04. The Bertz CT molecular complexity index is 572. The van der Waals surface area contributed by atoms with Crippen molar-refractivity contribution in [2.75, 3.05) is 0 Å². The summed E-state index contributed by atoms with van der Waals surface area (Å²) in [6.07, 6.45) is 0. The van der Waals surface area contributed by atoms with E-state index in [9.17, 15) is 4.39 Å². The van der Waals surface area contributed by atoms with Gasteiger partial charge in [0, 0.05) is 16.6 Å². The van der Waals surface area contributed by atoms with E-state index in [-0.39, 0.29) is 11.9 Å². The Labute approximate surface area is 117 Å². The molecule has 1 atom stereocenters. The van der Waals surface area contributed by atoms with E-state index < -0.39 is 0 Å². The molecule has 2 rings (SSSR count). The third-order valence-electron chi connectivity index (χ3n) is 2.75. The molecule has 0 saturated heterocycles. The van der Waals surface area contributed by atoms with Gasteiger partial charge >= 0.3 is 0 Å². The van der Waals surface area contributed by atoms with Crippen LogP contribution in [0.5, 0.6) is 5.75 Å². The molecular weight excluding hydrogens is 265 g/mol. The molecule has 0 spiro atoms. The third-order valence-corrected chi connectivity index (χ3v) is 2.98. The number of benzene rings is 2. The van der Waals surface area contributed by atoms with Gasteiger partial charge in [-0.15, -0.1) is 0 Å². The predicted octanol–water partition coefficient (Wildman–Crippen LogP) is 4.08. The highest BCUT2D eigenvalue weighted by Gasteiger charge is 2.09. The summed E-state index contributed by atoms with van der Waals surface area (Å²) >= 11 is 5.90. The van der Waals surface area contributed by atoms with Crippen LogP contribution in [0.2, 0.25) is 5.02 Å². The van der Waals surface area contributed by atoms with Gasteiger partial charge in [0.25, 0.3) is 0 Å². The Hall–Kier alpha value is -1.58. The first kappa shape index (κ1) is 13.8. The molecule has 0 aliphatic rings. The summed E-state index contributed by atoms with van der Waals surface area (Å²) in [7, 11) is 0. The van der Waals surface area contributed by atoms with Gasteiger partial charge < -0.3 is 10.5 Å². The fraction of sp³-hybridized carbons (Fsp3) is 0.200. The van der Waals surface area contributed by atoms with E-state index in [4.69, 9.17) is 22.1 Å². The number of nitrogens with two attached hydrogens (primary N) is 1. The summed E-state index contributed by atoms with van der Waals surface area (Å²) in [6, 6.07) is 11.5. The van der Waals surface area contributed by atoms with E-state index in [2.05, 4.69) is 0 Å². The van der Waals surface area contributed by atoms with E-state index in [1.54, 1.807) is 19.1 Å². The van der Waals surface area contributed by atoms with Crippen molar-refractivity contribution in [3.8, 4) is 5.75 Å². The van der Waals surface area contributed by atoms with E-state index >= 15 is 0 Å². The molecule has 0 amide bonds. The minimum absolute atomic E-state index is 0.287. The topological polar surface area (TPSA) is 35.2 Å². The summed E-state index contributed by atoms with van der Waals surface area (Å²) in [4.78, 5) is 0. The fourth-order valence-corrected chi connectivity index (χ4v) is 2.01. The van der Waals surface area contributed by atoms with Crippen LogP contribution in [-0.2, 0) is 6.61 Å². The maximum absolute atomic E-state index is 13.2. The first-order chi connectivity index (χ1) is 9.06. The molecule has 2 N–H and O–H groups in total. The Kier molecular flexibility index (Phi) is 4.40. The summed E-state index contributed by atoms with van der Waals surface area (Å²) in [6.45, 7) is 2.16. The number of ether oxygens (including phenoxy) is 1. The molecule has 100 valence electrons. The van der Waals surface area contributed by atoms with Crippen LogP contribution in [0.1, 0.15) is 24.1 Å². The largest absolute Gasteiger partial charge is 0.489 e. The minimum Gasteiger partial charge on any atom is -0.489 e. The van der Waals surface area contributed by atoms with Gasteiger partial charge in [-0.2, -0.15) is 0 Å². The number of hydrogen-bond acceptors (Lipinski definition) is 2. The molecule has 0 radical (unpaired) electrons. The van der Waals surface area contributed by atoms with Crippen molar-refractivity contribution in [2.24, 2.45) is 5.73 Å². The lowest BCUT2D eigenvalue weighted by molar-refractivity contribution is 0.301. The second-order valence-electron chi connectivity index (χ2n) is 4.39. The fourth-order valence-electron chi connectivity index (χ4n) is 1.79. The lowest BCUT2D eigenvalue weighted by Gasteiger charge is -2.14. The van der Waals surface area contributed by atoms with Crippen LogP contribution in [0, 0.1) is 5.82 Å². The van der Waals surface area contributed by atoms with E-state index in [1.165, 1.54) is 12.1 Å². The smallest absolute Gasteiger partial charge is 0.124 e. The van der Waals surface area contributed by atoms with Crippen LogP contribution in [0.15, 0.2) is 42.5 Å². The normalized spacial score (nSPS) is 12.2. The zero-order chi connectivity index (χ0) is 13.8. The monoisotopic (exact) mass is 279 g/mol. The average molecular weight is 280 g/mol. The SMILES string of the molecule is CC(N)c1cc(F)ccc1OCc1cccc(Cl)c1. The molecule has 2 aromatic rings. The van der Waals surface area contributed by atoms with Gasteiger partial charge in [-0.3, -0.25) is 0 Å². The molecule has 0 aliphatic heterocycles. The molecule has 0 aliphatic carbocycles. The highest BCUT2D eigenvalue weighted by molar-refractivity contribution is 6.30. The van der Waals surface area contributed by atoms with Gasteiger partial charge in [0.2, 0.25) is 0 Å². The quantitative estimate of drug-likeness (QED) is 0.915. The molecule has 2 nitrogen and oxygen atoms in total. The highest BCUT2D eigenvalue weighted by atomic mass is 35.5. The van der Waals surface area contributed by atoms with Gasteiger partial charge in [-0.05, 0) is 42.8 Å². The Morgan fingerprint density at radius 3 is 2.74 bits per heavy atom. The van der Waals surface area contributed by atoms with Crippen molar-refractivity contribution in [2.45, 2.75) is 19.6 Å². The van der Waals surface area contributed by atoms with Crippen LogP contribution in [-0.4, -0.2) is 0 Å². The molecular formula is C15H15ClFNO. The van der Waals surface area contributed by atoms with Gasteiger partial charge in [-0.1, -0.05) is 23.7 Å². The molecule has 0 fully saturated rings. The molecule has 19 heavy (non-hydrogen) atoms. The second-order valence-corrected chi connectivity index (χ2v) is 4.83. The Morgan fingerprint density at radius 2 is 2.05 bits per heavy atom. The number of halogens is 2. The first-order valence-corrected chi connectivity index (χ1v) is 6.36. The van der Waals surface area contributed by atoms with Crippen molar-refractivity contribution in [3.05, 3.63) is 64.4 Å². The van der Waals surface area contributed by atoms with Crippen molar-refractivity contribution in [1.82, 2.24) is 0 Å². The lowest BCUT2D eigenvalue weighted by atomic mass is 10.1. The third kappa shape index (κ3) is 3.69. The van der Waals surface area contributed by atoms with Crippen LogP contribution in [0.4, 0.5) is 4.39 Å². The van der Waals surface area contributed by atoms with Crippen molar-refractivity contribution in [3.63, 3.8) is 0 Å². The summed E-state index contributed by atoms with van der Waals surface area (Å²) in [5.74, 6) is 0.277. The minimum atomic E-state index is -0.317. The first-order valence-electron chi connectivity index (χ1n) is 5.98. The maximum Gasteiger partial charge on any atom is 0.124 e. The van der Waals surface area contributed by atoms with Gasteiger partial charge in [-0.25, -0.2) is 4.39 Å². The Morgan fingerprint density at radius 1 is 1.26 bits per heavy atom.